The minimum absolute atomic E-state index is 0. The van der Waals surface area contributed by atoms with Crippen LogP contribution in [0.3, 0.4) is 0 Å². The summed E-state index contributed by atoms with van der Waals surface area (Å²) in [6.45, 7) is 3.71. The number of halogens is 3. The molecule has 1 aromatic carbocycles. The molecule has 29 heavy (non-hydrogen) atoms. The van der Waals surface area contributed by atoms with Crippen LogP contribution in [0.5, 0.6) is 11.6 Å². The highest BCUT2D eigenvalue weighted by Crippen LogP contribution is 2.22. The average molecular weight is 520 g/mol. The Kier molecular flexibility index (Phi) is 10.6. The summed E-state index contributed by atoms with van der Waals surface area (Å²) >= 11 is 0. The van der Waals surface area contributed by atoms with E-state index in [1.54, 1.807) is 31.4 Å². The zero-order valence-electron chi connectivity index (χ0n) is 16.9. The van der Waals surface area contributed by atoms with Crippen LogP contribution < -0.4 is 20.1 Å². The highest BCUT2D eigenvalue weighted by molar-refractivity contribution is 14.0. The fraction of sp³-hybridized carbons (Fsp3) is 0.400. The molecule has 2 aromatic rings. The van der Waals surface area contributed by atoms with Crippen LogP contribution in [0.15, 0.2) is 41.5 Å². The number of nitrogens with zero attached hydrogens (tertiary/aromatic N) is 2. The molecule has 0 aliphatic heterocycles. The van der Waals surface area contributed by atoms with E-state index in [9.17, 15) is 8.78 Å². The minimum Gasteiger partial charge on any atom is -0.475 e. The van der Waals surface area contributed by atoms with Gasteiger partial charge in [-0.25, -0.2) is 4.98 Å². The van der Waals surface area contributed by atoms with Gasteiger partial charge in [0.2, 0.25) is 5.88 Å². The summed E-state index contributed by atoms with van der Waals surface area (Å²) in [5.41, 5.74) is 2.53. The third-order valence-electron chi connectivity index (χ3n) is 3.72. The van der Waals surface area contributed by atoms with Crippen LogP contribution in [0.1, 0.15) is 30.5 Å². The van der Waals surface area contributed by atoms with E-state index >= 15 is 0 Å². The summed E-state index contributed by atoms with van der Waals surface area (Å²) in [6, 6.07) is 8.80. The number of benzene rings is 1. The molecule has 0 saturated carbocycles. The van der Waals surface area contributed by atoms with Crippen molar-refractivity contribution in [2.24, 2.45) is 4.99 Å². The van der Waals surface area contributed by atoms with Crippen molar-refractivity contribution in [3.05, 3.63) is 53.2 Å². The topological polar surface area (TPSA) is 67.8 Å². The number of ether oxygens (including phenoxy) is 2. The molecule has 0 unspecified atom stereocenters. The molecule has 9 heteroatoms. The SMILES string of the molecule is CN=C(NCc1ccc(OC(C)C)nc1)NCc1cc(C)ccc1OC(F)F.I. The number of guanidine groups is 1. The molecular weight excluding hydrogens is 493 g/mol. The van der Waals surface area contributed by atoms with Crippen LogP contribution in [-0.2, 0) is 13.1 Å². The molecule has 0 saturated heterocycles. The van der Waals surface area contributed by atoms with Crippen molar-refractivity contribution >= 4 is 29.9 Å². The first-order chi connectivity index (χ1) is 13.4. The van der Waals surface area contributed by atoms with Gasteiger partial charge in [-0.05, 0) is 32.4 Å². The molecule has 2 rings (SSSR count). The molecule has 160 valence electrons. The van der Waals surface area contributed by atoms with E-state index in [0.29, 0.717) is 30.5 Å². The number of nitrogens with one attached hydrogen (secondary N) is 2. The van der Waals surface area contributed by atoms with Crippen molar-refractivity contribution in [2.75, 3.05) is 7.05 Å². The van der Waals surface area contributed by atoms with Gasteiger partial charge in [0, 0.05) is 38.0 Å². The number of rotatable bonds is 8. The zero-order chi connectivity index (χ0) is 20.5. The fourth-order valence-electron chi connectivity index (χ4n) is 2.47. The maximum absolute atomic E-state index is 12.6. The Morgan fingerprint density at radius 3 is 2.41 bits per heavy atom. The fourth-order valence-corrected chi connectivity index (χ4v) is 2.47. The molecule has 0 bridgehead atoms. The van der Waals surface area contributed by atoms with Crippen LogP contribution in [0.25, 0.3) is 0 Å². The lowest BCUT2D eigenvalue weighted by molar-refractivity contribution is -0.0504. The Labute approximate surface area is 187 Å². The zero-order valence-corrected chi connectivity index (χ0v) is 19.2. The molecule has 0 spiro atoms. The highest BCUT2D eigenvalue weighted by Gasteiger charge is 2.10. The van der Waals surface area contributed by atoms with Crippen molar-refractivity contribution in [1.82, 2.24) is 15.6 Å². The van der Waals surface area contributed by atoms with E-state index in [2.05, 4.69) is 25.3 Å². The van der Waals surface area contributed by atoms with E-state index in [4.69, 9.17) is 4.74 Å². The van der Waals surface area contributed by atoms with Gasteiger partial charge in [-0.1, -0.05) is 23.8 Å². The first-order valence-corrected chi connectivity index (χ1v) is 8.98. The van der Waals surface area contributed by atoms with Gasteiger partial charge in [0.25, 0.3) is 0 Å². The monoisotopic (exact) mass is 520 g/mol. The standard InChI is InChI=1S/C20H26F2N4O2.HI/c1-13(2)27-18-8-6-15(10-24-18)11-25-20(23-4)26-12-16-9-14(3)5-7-17(16)28-19(21)22;/h5-10,13,19H,11-12H2,1-4H3,(H2,23,25,26);1H. The molecule has 2 N–H and O–H groups in total. The van der Waals surface area contributed by atoms with Gasteiger partial charge in [0.1, 0.15) is 5.75 Å². The maximum atomic E-state index is 12.6. The Bertz CT molecular complexity index is 787. The normalized spacial score (nSPS) is 11.2. The summed E-state index contributed by atoms with van der Waals surface area (Å²) < 4.78 is 35.3. The van der Waals surface area contributed by atoms with E-state index < -0.39 is 6.61 Å². The first kappa shape index (κ1) is 24.9. The van der Waals surface area contributed by atoms with Gasteiger partial charge in [0.05, 0.1) is 6.10 Å². The molecule has 0 aliphatic carbocycles. The van der Waals surface area contributed by atoms with Crippen molar-refractivity contribution in [3.8, 4) is 11.6 Å². The van der Waals surface area contributed by atoms with E-state index in [-0.39, 0.29) is 35.8 Å². The Morgan fingerprint density at radius 2 is 1.83 bits per heavy atom. The summed E-state index contributed by atoms with van der Waals surface area (Å²) in [5, 5.41) is 6.26. The number of aryl methyl sites for hydroxylation is 1. The number of alkyl halides is 2. The summed E-state index contributed by atoms with van der Waals surface area (Å²) in [5.74, 6) is 1.26. The Balaban J connectivity index is 0.00000420. The van der Waals surface area contributed by atoms with E-state index in [1.165, 1.54) is 0 Å². The molecular formula is C20H27F2IN4O2. The average Bonchev–Trinajstić information content (AvgIpc) is 2.64. The second kappa shape index (κ2) is 12.4. The highest BCUT2D eigenvalue weighted by atomic mass is 127. The van der Waals surface area contributed by atoms with Crippen LogP contribution >= 0.6 is 24.0 Å². The Morgan fingerprint density at radius 1 is 1.10 bits per heavy atom. The molecule has 1 heterocycles. The number of hydrogen-bond donors (Lipinski definition) is 2. The molecule has 1 aromatic heterocycles. The van der Waals surface area contributed by atoms with Crippen LogP contribution in [0.4, 0.5) is 8.78 Å². The van der Waals surface area contributed by atoms with Gasteiger partial charge < -0.3 is 20.1 Å². The lowest BCUT2D eigenvalue weighted by atomic mass is 10.1. The van der Waals surface area contributed by atoms with Gasteiger partial charge in [-0.15, -0.1) is 24.0 Å². The number of aromatic nitrogens is 1. The van der Waals surface area contributed by atoms with Crippen molar-refractivity contribution < 1.29 is 18.3 Å². The van der Waals surface area contributed by atoms with Crippen LogP contribution in [0, 0.1) is 6.92 Å². The minimum atomic E-state index is -2.87. The predicted octanol–water partition coefficient (Wildman–Crippen LogP) is 4.26. The Hall–Kier alpha value is -2.17. The molecule has 0 atom stereocenters. The quantitative estimate of drug-likeness (QED) is 0.310. The number of aliphatic imine (C=N–C) groups is 1. The number of hydrogen-bond acceptors (Lipinski definition) is 4. The molecule has 0 radical (unpaired) electrons. The first-order valence-electron chi connectivity index (χ1n) is 8.98. The molecule has 0 amide bonds. The summed E-state index contributed by atoms with van der Waals surface area (Å²) in [7, 11) is 1.64. The molecule has 0 aliphatic rings. The van der Waals surface area contributed by atoms with Crippen LogP contribution in [-0.4, -0.2) is 30.7 Å². The lowest BCUT2D eigenvalue weighted by Crippen LogP contribution is -2.36. The summed E-state index contributed by atoms with van der Waals surface area (Å²) in [4.78, 5) is 8.40. The van der Waals surface area contributed by atoms with Gasteiger partial charge in [-0.3, -0.25) is 4.99 Å². The predicted molar refractivity (Wildman–Crippen MR) is 120 cm³/mol. The largest absolute Gasteiger partial charge is 0.475 e. The summed E-state index contributed by atoms with van der Waals surface area (Å²) in [6.07, 6.45) is 1.80. The molecule has 0 fully saturated rings. The second-order valence-corrected chi connectivity index (χ2v) is 6.44. The lowest BCUT2D eigenvalue weighted by Gasteiger charge is -2.15. The third-order valence-corrected chi connectivity index (χ3v) is 3.72. The number of pyridine rings is 1. The van der Waals surface area contributed by atoms with Gasteiger partial charge in [0.15, 0.2) is 5.96 Å². The maximum Gasteiger partial charge on any atom is 0.387 e. The smallest absolute Gasteiger partial charge is 0.387 e. The van der Waals surface area contributed by atoms with Crippen molar-refractivity contribution in [3.63, 3.8) is 0 Å². The van der Waals surface area contributed by atoms with E-state index in [1.807, 2.05) is 32.9 Å². The third kappa shape index (κ3) is 8.80. The molecule has 6 nitrogen and oxygen atoms in total. The van der Waals surface area contributed by atoms with Crippen molar-refractivity contribution in [2.45, 2.75) is 46.6 Å². The van der Waals surface area contributed by atoms with E-state index in [0.717, 1.165) is 11.1 Å². The second-order valence-electron chi connectivity index (χ2n) is 6.44. The van der Waals surface area contributed by atoms with Crippen molar-refractivity contribution in [1.29, 1.82) is 0 Å². The van der Waals surface area contributed by atoms with Crippen LogP contribution in [0.2, 0.25) is 0 Å². The van der Waals surface area contributed by atoms with Gasteiger partial charge >= 0.3 is 6.61 Å². The van der Waals surface area contributed by atoms with Gasteiger partial charge in [-0.2, -0.15) is 8.78 Å².